The van der Waals surface area contributed by atoms with Gasteiger partial charge in [0.05, 0.1) is 12.7 Å². The van der Waals surface area contributed by atoms with Crippen molar-refractivity contribution in [2.24, 2.45) is 5.73 Å². The average molecular weight is 200 g/mol. The normalized spacial score (nSPS) is 8.60. The Morgan fingerprint density at radius 3 is 2.87 bits per heavy atom. The summed E-state index contributed by atoms with van der Waals surface area (Å²) in [5.41, 5.74) is 6.67. The summed E-state index contributed by atoms with van der Waals surface area (Å²) < 4.78 is 5.07. The molecule has 0 aromatic heterocycles. The topological polar surface area (TPSA) is 59.0 Å². The van der Waals surface area contributed by atoms with Crippen molar-refractivity contribution in [3.63, 3.8) is 0 Å². The highest BCUT2D eigenvalue weighted by Gasteiger charge is 2.01. The van der Waals surface area contributed by atoms with Gasteiger partial charge in [-0.3, -0.25) is 0 Å². The monoisotopic (exact) mass is 200 g/mol. The lowest BCUT2D eigenvalue weighted by molar-refractivity contribution is 0.413. The van der Waals surface area contributed by atoms with Gasteiger partial charge in [0, 0.05) is 18.5 Å². The van der Waals surface area contributed by atoms with Crippen LogP contribution in [0.4, 0.5) is 0 Å². The minimum absolute atomic E-state index is 0.516. The van der Waals surface area contributed by atoms with Crippen LogP contribution in [-0.2, 0) is 0 Å². The third-order valence-corrected chi connectivity index (χ3v) is 1.82. The van der Waals surface area contributed by atoms with Gasteiger partial charge in [-0.2, -0.15) is 5.26 Å². The SMILES string of the molecule is COc1cc(C#CCCN)ccc1C#N. The molecular weight excluding hydrogens is 188 g/mol. The molecule has 76 valence electrons. The van der Waals surface area contributed by atoms with E-state index in [9.17, 15) is 0 Å². The first kappa shape index (κ1) is 11.1. The fraction of sp³-hybridized carbons (Fsp3) is 0.250. The van der Waals surface area contributed by atoms with Crippen LogP contribution in [0.1, 0.15) is 17.5 Å². The lowest BCUT2D eigenvalue weighted by Crippen LogP contribution is -1.95. The molecule has 0 bridgehead atoms. The van der Waals surface area contributed by atoms with E-state index >= 15 is 0 Å². The van der Waals surface area contributed by atoms with Gasteiger partial charge in [-0.1, -0.05) is 11.8 Å². The fourth-order valence-electron chi connectivity index (χ4n) is 1.10. The summed E-state index contributed by atoms with van der Waals surface area (Å²) in [6.45, 7) is 0.556. The molecule has 0 radical (unpaired) electrons. The van der Waals surface area contributed by atoms with Crippen molar-refractivity contribution < 1.29 is 4.74 Å². The molecule has 3 heteroatoms. The van der Waals surface area contributed by atoms with Gasteiger partial charge in [-0.05, 0) is 18.2 Å². The molecule has 1 rings (SSSR count). The standard InChI is InChI=1S/C12H12N2O/c1-15-12-8-10(4-2-3-7-13)5-6-11(12)9-14/h5-6,8H,3,7,13H2,1H3. The summed E-state index contributed by atoms with van der Waals surface area (Å²) in [6.07, 6.45) is 0.669. The van der Waals surface area contributed by atoms with Gasteiger partial charge in [0.15, 0.2) is 0 Å². The smallest absolute Gasteiger partial charge is 0.137 e. The maximum absolute atomic E-state index is 8.77. The fourth-order valence-corrected chi connectivity index (χ4v) is 1.10. The molecule has 1 aromatic rings. The number of nitrogens with zero attached hydrogens (tertiary/aromatic N) is 1. The Balaban J connectivity index is 2.96. The molecule has 15 heavy (non-hydrogen) atoms. The van der Waals surface area contributed by atoms with E-state index in [1.54, 1.807) is 18.2 Å². The molecule has 3 nitrogen and oxygen atoms in total. The van der Waals surface area contributed by atoms with Crippen molar-refractivity contribution in [1.82, 2.24) is 0 Å². The quantitative estimate of drug-likeness (QED) is 0.731. The van der Waals surface area contributed by atoms with Crippen molar-refractivity contribution in [1.29, 1.82) is 5.26 Å². The number of nitriles is 1. The lowest BCUT2D eigenvalue weighted by atomic mass is 10.1. The van der Waals surface area contributed by atoms with Gasteiger partial charge in [-0.25, -0.2) is 0 Å². The molecular formula is C12H12N2O. The summed E-state index contributed by atoms with van der Waals surface area (Å²) >= 11 is 0. The number of nitrogens with two attached hydrogens (primary N) is 1. The Labute approximate surface area is 89.5 Å². The summed E-state index contributed by atoms with van der Waals surface area (Å²) in [5.74, 6) is 6.43. The molecule has 0 aliphatic heterocycles. The van der Waals surface area contributed by atoms with Crippen molar-refractivity contribution in [3.8, 4) is 23.7 Å². The molecule has 0 spiro atoms. The predicted molar refractivity (Wildman–Crippen MR) is 58.3 cm³/mol. The largest absolute Gasteiger partial charge is 0.495 e. The number of benzene rings is 1. The number of methoxy groups -OCH3 is 1. The second-order valence-electron chi connectivity index (χ2n) is 2.87. The molecule has 1 aromatic carbocycles. The highest BCUT2D eigenvalue weighted by Crippen LogP contribution is 2.18. The first-order valence-corrected chi connectivity index (χ1v) is 4.59. The zero-order valence-electron chi connectivity index (χ0n) is 8.58. The molecule has 2 N–H and O–H groups in total. The first-order valence-electron chi connectivity index (χ1n) is 4.59. The van der Waals surface area contributed by atoms with Crippen LogP contribution in [0.2, 0.25) is 0 Å². The van der Waals surface area contributed by atoms with E-state index in [-0.39, 0.29) is 0 Å². The summed E-state index contributed by atoms with van der Waals surface area (Å²) in [6, 6.07) is 7.30. The molecule has 0 atom stereocenters. The van der Waals surface area contributed by atoms with Gasteiger partial charge in [0.1, 0.15) is 11.8 Å². The van der Waals surface area contributed by atoms with Gasteiger partial charge in [0.2, 0.25) is 0 Å². The molecule has 0 saturated heterocycles. The average Bonchev–Trinajstić information content (AvgIpc) is 2.29. The minimum atomic E-state index is 0.516. The summed E-state index contributed by atoms with van der Waals surface area (Å²) in [4.78, 5) is 0. The molecule has 0 saturated carbocycles. The van der Waals surface area contributed by atoms with Crippen LogP contribution in [-0.4, -0.2) is 13.7 Å². The van der Waals surface area contributed by atoms with Gasteiger partial charge in [0.25, 0.3) is 0 Å². The van der Waals surface area contributed by atoms with Crippen LogP contribution in [0.15, 0.2) is 18.2 Å². The molecule has 0 aliphatic rings. The van der Waals surface area contributed by atoms with Gasteiger partial charge < -0.3 is 10.5 Å². The van der Waals surface area contributed by atoms with Crippen molar-refractivity contribution in [2.45, 2.75) is 6.42 Å². The number of ether oxygens (including phenoxy) is 1. The van der Waals surface area contributed by atoms with E-state index in [4.69, 9.17) is 15.7 Å². The Bertz CT molecular complexity index is 435. The molecule has 0 heterocycles. The molecule has 0 fully saturated rings. The van der Waals surface area contributed by atoms with E-state index in [0.29, 0.717) is 24.3 Å². The maximum Gasteiger partial charge on any atom is 0.137 e. The molecule has 0 unspecified atom stereocenters. The minimum Gasteiger partial charge on any atom is -0.495 e. The zero-order chi connectivity index (χ0) is 11.1. The third-order valence-electron chi connectivity index (χ3n) is 1.82. The van der Waals surface area contributed by atoms with Crippen LogP contribution in [0.3, 0.4) is 0 Å². The highest BCUT2D eigenvalue weighted by atomic mass is 16.5. The zero-order valence-corrected chi connectivity index (χ0v) is 8.58. The van der Waals surface area contributed by atoms with E-state index in [0.717, 1.165) is 5.56 Å². The summed E-state index contributed by atoms with van der Waals surface area (Å²) in [7, 11) is 1.53. The number of rotatable bonds is 2. The van der Waals surface area contributed by atoms with Gasteiger partial charge in [-0.15, -0.1) is 0 Å². The van der Waals surface area contributed by atoms with E-state index < -0.39 is 0 Å². The lowest BCUT2D eigenvalue weighted by Gasteiger charge is -2.01. The Morgan fingerprint density at radius 2 is 2.27 bits per heavy atom. The van der Waals surface area contributed by atoms with Crippen LogP contribution >= 0.6 is 0 Å². The highest BCUT2D eigenvalue weighted by molar-refractivity contribution is 5.49. The van der Waals surface area contributed by atoms with Crippen LogP contribution in [0.25, 0.3) is 0 Å². The van der Waals surface area contributed by atoms with Crippen molar-refractivity contribution in [3.05, 3.63) is 29.3 Å². The first-order chi connectivity index (χ1) is 7.31. The predicted octanol–water partition coefficient (Wildman–Crippen LogP) is 1.27. The maximum atomic E-state index is 8.77. The second-order valence-corrected chi connectivity index (χ2v) is 2.87. The molecule has 0 amide bonds. The number of hydrogen-bond acceptors (Lipinski definition) is 3. The Hall–Kier alpha value is -1.97. The van der Waals surface area contributed by atoms with Crippen LogP contribution in [0, 0.1) is 23.2 Å². The van der Waals surface area contributed by atoms with Crippen LogP contribution in [0.5, 0.6) is 5.75 Å². The molecule has 0 aliphatic carbocycles. The van der Waals surface area contributed by atoms with E-state index in [1.165, 1.54) is 7.11 Å². The second kappa shape index (κ2) is 5.70. The van der Waals surface area contributed by atoms with Crippen molar-refractivity contribution in [2.75, 3.05) is 13.7 Å². The summed E-state index contributed by atoms with van der Waals surface area (Å²) in [5, 5.41) is 8.77. The Kier molecular flexibility index (Phi) is 4.22. The van der Waals surface area contributed by atoms with Crippen molar-refractivity contribution >= 4 is 0 Å². The number of hydrogen-bond donors (Lipinski definition) is 1. The van der Waals surface area contributed by atoms with E-state index in [2.05, 4.69) is 11.8 Å². The van der Waals surface area contributed by atoms with Gasteiger partial charge >= 0.3 is 0 Å². The van der Waals surface area contributed by atoms with E-state index in [1.807, 2.05) is 6.07 Å². The Morgan fingerprint density at radius 1 is 1.47 bits per heavy atom. The van der Waals surface area contributed by atoms with Crippen LogP contribution < -0.4 is 10.5 Å². The third kappa shape index (κ3) is 3.02.